The molecule has 0 fully saturated rings. The van der Waals surface area contributed by atoms with Gasteiger partial charge < -0.3 is 16.8 Å². The summed E-state index contributed by atoms with van der Waals surface area (Å²) in [6.45, 7) is 3.28. The van der Waals surface area contributed by atoms with Crippen LogP contribution in [0.15, 0.2) is 30.9 Å². The fourth-order valence-electron chi connectivity index (χ4n) is 1.18. The maximum atomic E-state index is 11.1. The molecule has 0 aliphatic heterocycles. The number of rotatable bonds is 4. The van der Waals surface area contributed by atoms with Crippen LogP contribution in [0.4, 0.5) is 5.69 Å². The van der Waals surface area contributed by atoms with Gasteiger partial charge in [0.25, 0.3) is 0 Å². The Morgan fingerprint density at radius 1 is 1.06 bits per heavy atom. The maximum Gasteiger partial charge on any atom is 0.248 e. The third-order valence-electron chi connectivity index (χ3n) is 1.95. The molecule has 0 heterocycles. The van der Waals surface area contributed by atoms with Gasteiger partial charge in [0.05, 0.1) is 0 Å². The van der Waals surface area contributed by atoms with Crippen molar-refractivity contribution in [2.24, 2.45) is 11.5 Å². The van der Waals surface area contributed by atoms with E-state index >= 15 is 0 Å². The largest absolute Gasteiger partial charge is 0.366 e. The molecule has 0 atom stereocenters. The van der Waals surface area contributed by atoms with Crippen LogP contribution in [0.2, 0.25) is 0 Å². The van der Waals surface area contributed by atoms with E-state index in [2.05, 4.69) is 11.9 Å². The quantitative estimate of drug-likeness (QED) is 0.636. The summed E-state index contributed by atoms with van der Waals surface area (Å²) < 4.78 is 0. The molecule has 3 amide bonds. The minimum atomic E-state index is -0.720. The molecule has 1 rings (SSSR count). The van der Waals surface area contributed by atoms with Gasteiger partial charge in [-0.05, 0) is 24.3 Å². The molecule has 1 aromatic carbocycles. The van der Waals surface area contributed by atoms with Gasteiger partial charge in [0.1, 0.15) is 0 Å². The van der Waals surface area contributed by atoms with Gasteiger partial charge in [-0.2, -0.15) is 0 Å². The zero-order chi connectivity index (χ0) is 13.0. The molecule has 0 saturated heterocycles. The van der Waals surface area contributed by atoms with Crippen molar-refractivity contribution in [3.63, 3.8) is 0 Å². The van der Waals surface area contributed by atoms with Crippen LogP contribution in [-0.4, -0.2) is 17.7 Å². The summed E-state index contributed by atoms with van der Waals surface area (Å²) in [5.74, 6) is -1.91. The van der Waals surface area contributed by atoms with Gasteiger partial charge in [0.15, 0.2) is 0 Å². The number of benzene rings is 1. The van der Waals surface area contributed by atoms with E-state index in [4.69, 9.17) is 11.5 Å². The van der Waals surface area contributed by atoms with Crippen LogP contribution in [0.3, 0.4) is 0 Å². The van der Waals surface area contributed by atoms with Crippen molar-refractivity contribution < 1.29 is 14.4 Å². The highest BCUT2D eigenvalue weighted by molar-refractivity contribution is 6.03. The molecule has 0 spiro atoms. The first-order valence-corrected chi connectivity index (χ1v) is 4.62. The van der Waals surface area contributed by atoms with Crippen LogP contribution in [0.1, 0.15) is 20.7 Å². The van der Waals surface area contributed by atoms with E-state index in [1.807, 2.05) is 0 Å². The van der Waals surface area contributed by atoms with Crippen molar-refractivity contribution in [1.29, 1.82) is 0 Å². The van der Waals surface area contributed by atoms with Gasteiger partial charge >= 0.3 is 0 Å². The van der Waals surface area contributed by atoms with Gasteiger partial charge in [0.2, 0.25) is 17.7 Å². The highest BCUT2D eigenvalue weighted by atomic mass is 16.2. The highest BCUT2D eigenvalue weighted by Crippen LogP contribution is 2.14. The molecule has 0 unspecified atom stereocenters. The van der Waals surface area contributed by atoms with Crippen LogP contribution >= 0.6 is 0 Å². The predicted molar refractivity (Wildman–Crippen MR) is 62.3 cm³/mol. The molecule has 0 aliphatic rings. The van der Waals surface area contributed by atoms with E-state index in [9.17, 15) is 14.4 Å². The summed E-state index contributed by atoms with van der Waals surface area (Å²) in [4.78, 5) is 33.1. The second kappa shape index (κ2) is 4.93. The summed E-state index contributed by atoms with van der Waals surface area (Å²) in [5.41, 5.74) is 10.6. The van der Waals surface area contributed by atoms with E-state index in [1.165, 1.54) is 18.2 Å². The molecular weight excluding hydrogens is 222 g/mol. The first kappa shape index (κ1) is 12.4. The van der Waals surface area contributed by atoms with Gasteiger partial charge in [-0.15, -0.1) is 0 Å². The van der Waals surface area contributed by atoms with Crippen molar-refractivity contribution in [3.8, 4) is 0 Å². The second-order valence-electron chi connectivity index (χ2n) is 3.22. The lowest BCUT2D eigenvalue weighted by Crippen LogP contribution is -2.17. The lowest BCUT2D eigenvalue weighted by Gasteiger charge is -2.06. The fraction of sp³-hybridized carbons (Fsp3) is 0. The monoisotopic (exact) mass is 233 g/mol. The minimum Gasteiger partial charge on any atom is -0.366 e. The number of primary amides is 2. The number of carbonyl (C=O) groups excluding carboxylic acids is 3. The van der Waals surface area contributed by atoms with Gasteiger partial charge in [-0.1, -0.05) is 6.58 Å². The van der Waals surface area contributed by atoms with E-state index in [0.717, 1.165) is 6.08 Å². The third-order valence-corrected chi connectivity index (χ3v) is 1.95. The summed E-state index contributed by atoms with van der Waals surface area (Å²) in [6, 6.07) is 3.95. The standard InChI is InChI=1S/C11H11N3O3/c1-2-9(15)14-8-4-6(10(12)16)3-7(5-8)11(13)17/h2-5H,1H2,(H2,12,16)(H2,13,17)(H,14,15). The number of anilines is 1. The molecule has 0 saturated carbocycles. The lowest BCUT2D eigenvalue weighted by atomic mass is 10.1. The van der Waals surface area contributed by atoms with Gasteiger partial charge in [0, 0.05) is 16.8 Å². The Labute approximate surface area is 97.3 Å². The Balaban J connectivity index is 3.21. The van der Waals surface area contributed by atoms with Crippen LogP contribution in [0.25, 0.3) is 0 Å². The fourth-order valence-corrected chi connectivity index (χ4v) is 1.18. The molecule has 0 aromatic heterocycles. The Kier molecular flexibility index (Phi) is 3.61. The van der Waals surface area contributed by atoms with Crippen LogP contribution < -0.4 is 16.8 Å². The van der Waals surface area contributed by atoms with Crippen LogP contribution in [0, 0.1) is 0 Å². The molecule has 6 nitrogen and oxygen atoms in total. The molecule has 0 radical (unpaired) electrons. The number of nitrogens with one attached hydrogen (secondary N) is 1. The molecule has 5 N–H and O–H groups in total. The van der Waals surface area contributed by atoms with E-state index in [0.29, 0.717) is 0 Å². The Morgan fingerprint density at radius 2 is 1.53 bits per heavy atom. The summed E-state index contributed by atoms with van der Waals surface area (Å²) in [7, 11) is 0. The van der Waals surface area contributed by atoms with E-state index in [-0.39, 0.29) is 16.8 Å². The number of hydrogen-bond acceptors (Lipinski definition) is 3. The topological polar surface area (TPSA) is 115 Å². The summed E-state index contributed by atoms with van der Waals surface area (Å²) in [6.07, 6.45) is 1.06. The van der Waals surface area contributed by atoms with Crippen molar-refractivity contribution in [2.45, 2.75) is 0 Å². The molecular formula is C11H11N3O3. The molecule has 0 bridgehead atoms. The average Bonchev–Trinajstić information content (AvgIpc) is 2.28. The minimum absolute atomic E-state index is 0.0839. The summed E-state index contributed by atoms with van der Waals surface area (Å²) >= 11 is 0. The molecule has 6 heteroatoms. The number of nitrogens with two attached hydrogens (primary N) is 2. The van der Waals surface area contributed by atoms with E-state index < -0.39 is 17.7 Å². The predicted octanol–water partition coefficient (Wildman–Crippen LogP) is 0.00890. The first-order valence-electron chi connectivity index (χ1n) is 4.62. The van der Waals surface area contributed by atoms with Gasteiger partial charge in [-0.25, -0.2) is 0 Å². The smallest absolute Gasteiger partial charge is 0.248 e. The van der Waals surface area contributed by atoms with Crippen molar-refractivity contribution in [3.05, 3.63) is 42.0 Å². The Bertz CT molecular complexity index is 476. The highest BCUT2D eigenvalue weighted by Gasteiger charge is 2.09. The lowest BCUT2D eigenvalue weighted by molar-refractivity contribution is -0.111. The van der Waals surface area contributed by atoms with Gasteiger partial charge in [-0.3, -0.25) is 14.4 Å². The normalized spacial score (nSPS) is 9.41. The zero-order valence-corrected chi connectivity index (χ0v) is 8.90. The van der Waals surface area contributed by atoms with E-state index in [1.54, 1.807) is 0 Å². The Hall–Kier alpha value is -2.63. The number of amides is 3. The molecule has 17 heavy (non-hydrogen) atoms. The van der Waals surface area contributed by atoms with Crippen LogP contribution in [0.5, 0.6) is 0 Å². The maximum absolute atomic E-state index is 11.1. The average molecular weight is 233 g/mol. The SMILES string of the molecule is C=CC(=O)Nc1cc(C(N)=O)cc(C(N)=O)c1. The number of carbonyl (C=O) groups is 3. The molecule has 88 valence electrons. The number of hydrogen-bond donors (Lipinski definition) is 3. The molecule has 1 aromatic rings. The second-order valence-corrected chi connectivity index (χ2v) is 3.22. The van der Waals surface area contributed by atoms with Crippen molar-refractivity contribution >= 4 is 23.4 Å². The van der Waals surface area contributed by atoms with Crippen LogP contribution in [-0.2, 0) is 4.79 Å². The summed E-state index contributed by atoms with van der Waals surface area (Å²) in [5, 5.41) is 2.41. The third kappa shape index (κ3) is 3.16. The zero-order valence-electron chi connectivity index (χ0n) is 8.90. The first-order chi connectivity index (χ1) is 7.93. The molecule has 0 aliphatic carbocycles. The Morgan fingerprint density at radius 3 is 1.88 bits per heavy atom. The van der Waals surface area contributed by atoms with Crippen molar-refractivity contribution in [2.75, 3.05) is 5.32 Å². The van der Waals surface area contributed by atoms with Crippen molar-refractivity contribution in [1.82, 2.24) is 0 Å².